The summed E-state index contributed by atoms with van der Waals surface area (Å²) in [5.41, 5.74) is 1.37. The Kier molecular flexibility index (Phi) is 8.18. The lowest BCUT2D eigenvalue weighted by atomic mass is 10.3. The van der Waals surface area contributed by atoms with Crippen LogP contribution in [0.1, 0.15) is 41.5 Å². The van der Waals surface area contributed by atoms with Gasteiger partial charge in [0.05, 0.1) is 11.1 Å². The maximum atomic E-state index is 2.43. The average Bonchev–Trinajstić information content (AvgIpc) is 2.64. The van der Waals surface area contributed by atoms with Gasteiger partial charge in [0.15, 0.2) is 0 Å². The van der Waals surface area contributed by atoms with Crippen LogP contribution in [0.3, 0.4) is 0 Å². The van der Waals surface area contributed by atoms with Crippen molar-refractivity contribution in [3.05, 3.63) is 34.9 Å². The number of allylic oxidation sites excluding steroid dienone is 4. The number of hydrogen-bond acceptors (Lipinski definition) is 2. The molecule has 0 aromatic carbocycles. The van der Waals surface area contributed by atoms with Crippen LogP contribution in [0.2, 0.25) is 0 Å². The molecule has 1 heterocycles. The van der Waals surface area contributed by atoms with Gasteiger partial charge in [-0.25, -0.2) is 0 Å². The van der Waals surface area contributed by atoms with Crippen molar-refractivity contribution in [1.29, 1.82) is 0 Å². The summed E-state index contributed by atoms with van der Waals surface area (Å²) in [5, 5.41) is 0.572. The molecule has 1 saturated heterocycles. The summed E-state index contributed by atoms with van der Waals surface area (Å²) in [6, 6.07) is 0. The molecule has 0 N–H and O–H groups in total. The molecule has 0 amide bonds. The Morgan fingerprint density at radius 1 is 1.31 bits per heavy atom. The van der Waals surface area contributed by atoms with Gasteiger partial charge in [0.2, 0.25) is 0 Å². The van der Waals surface area contributed by atoms with Crippen molar-refractivity contribution in [2.24, 2.45) is 0 Å². The van der Waals surface area contributed by atoms with Crippen molar-refractivity contribution in [2.45, 2.75) is 46.9 Å². The van der Waals surface area contributed by atoms with Crippen LogP contribution < -0.4 is 0 Å². The summed E-state index contributed by atoms with van der Waals surface area (Å²) in [6.45, 7) is 13.7. The van der Waals surface area contributed by atoms with Gasteiger partial charge in [0, 0.05) is 11.4 Å². The molecule has 92 valence electrons. The van der Waals surface area contributed by atoms with Crippen molar-refractivity contribution >= 4 is 11.8 Å². The van der Waals surface area contributed by atoms with E-state index in [4.69, 9.17) is 0 Å². The molecule has 2 heteroatoms. The number of thioether (sulfide) groups is 1. The van der Waals surface area contributed by atoms with E-state index >= 15 is 0 Å². The Labute approximate surface area is 105 Å². The molecule has 1 rings (SSSR count). The van der Waals surface area contributed by atoms with Gasteiger partial charge in [-0.05, 0) is 33.8 Å². The third-order valence-electron chi connectivity index (χ3n) is 2.35. The van der Waals surface area contributed by atoms with Crippen molar-refractivity contribution in [2.75, 3.05) is 6.54 Å². The highest BCUT2D eigenvalue weighted by Crippen LogP contribution is 2.41. The van der Waals surface area contributed by atoms with Gasteiger partial charge >= 0.3 is 0 Å². The second-order valence-corrected chi connectivity index (χ2v) is 4.59. The van der Waals surface area contributed by atoms with Crippen LogP contribution in [0, 0.1) is 0 Å². The quantitative estimate of drug-likeness (QED) is 0.681. The summed E-state index contributed by atoms with van der Waals surface area (Å²) >= 11 is 1.94. The summed E-state index contributed by atoms with van der Waals surface area (Å²) in [7, 11) is 0. The summed E-state index contributed by atoms with van der Waals surface area (Å²) in [5.74, 6) is 0. The molecule has 0 spiro atoms. The molecule has 1 atom stereocenters. The second-order valence-electron chi connectivity index (χ2n) is 3.23. The Bertz CT molecular complexity index is 276. The molecule has 0 aromatic heterocycles. The van der Waals surface area contributed by atoms with Gasteiger partial charge in [-0.2, -0.15) is 0 Å². The van der Waals surface area contributed by atoms with Gasteiger partial charge in [0.1, 0.15) is 0 Å². The molecule has 1 aliphatic heterocycles. The normalized spacial score (nSPS) is 25.4. The zero-order valence-electron chi connectivity index (χ0n) is 11.4. The maximum absolute atomic E-state index is 2.43. The molecular formula is C14H25NS. The number of hydrogen-bond donors (Lipinski definition) is 0. The Hall–Kier alpha value is -0.630. The van der Waals surface area contributed by atoms with Crippen LogP contribution in [-0.4, -0.2) is 16.8 Å². The molecule has 0 aliphatic carbocycles. The zero-order chi connectivity index (χ0) is 12.6. The van der Waals surface area contributed by atoms with E-state index in [1.807, 2.05) is 32.5 Å². The second kappa shape index (κ2) is 8.51. The first kappa shape index (κ1) is 15.4. The highest BCUT2D eigenvalue weighted by molar-refractivity contribution is 8.04. The first-order valence-electron chi connectivity index (χ1n) is 6.17. The van der Waals surface area contributed by atoms with E-state index < -0.39 is 0 Å². The van der Waals surface area contributed by atoms with Crippen LogP contribution in [0.15, 0.2) is 34.9 Å². The molecule has 0 radical (unpaired) electrons. The van der Waals surface area contributed by atoms with Crippen molar-refractivity contribution in [3.8, 4) is 0 Å². The Balaban J connectivity index is 0.00000106. The lowest BCUT2D eigenvalue weighted by molar-refractivity contribution is 0.377. The Morgan fingerprint density at radius 2 is 1.94 bits per heavy atom. The zero-order valence-corrected chi connectivity index (χ0v) is 12.3. The summed E-state index contributed by atoms with van der Waals surface area (Å²) in [4.78, 5) is 3.83. The largest absolute Gasteiger partial charge is 0.359 e. The molecule has 1 aliphatic rings. The van der Waals surface area contributed by atoms with Crippen LogP contribution in [0.5, 0.6) is 0 Å². The number of rotatable bonds is 2. The minimum atomic E-state index is 0.572. The third kappa shape index (κ3) is 3.75. The van der Waals surface area contributed by atoms with Gasteiger partial charge in [-0.1, -0.05) is 43.8 Å². The number of nitrogens with zero attached hydrogens (tertiary/aromatic N) is 1. The highest BCUT2D eigenvalue weighted by Gasteiger charge is 2.26. The van der Waals surface area contributed by atoms with Crippen LogP contribution in [0.4, 0.5) is 0 Å². The van der Waals surface area contributed by atoms with E-state index in [1.165, 1.54) is 10.6 Å². The van der Waals surface area contributed by atoms with E-state index in [-0.39, 0.29) is 0 Å². The predicted octanol–water partition coefficient (Wildman–Crippen LogP) is 4.79. The van der Waals surface area contributed by atoms with E-state index in [9.17, 15) is 0 Å². The molecule has 1 fully saturated rings. The minimum Gasteiger partial charge on any atom is -0.359 e. The SMILES string of the molecule is CC.C\C=C/C=C1\C(=C/C)SC(C)N1CC. The fraction of sp³-hybridized carbons (Fsp3) is 0.571. The highest BCUT2D eigenvalue weighted by atomic mass is 32.2. The molecule has 1 nitrogen and oxygen atoms in total. The maximum Gasteiger partial charge on any atom is 0.0769 e. The smallest absolute Gasteiger partial charge is 0.0769 e. The molecule has 0 saturated carbocycles. The third-order valence-corrected chi connectivity index (χ3v) is 3.64. The van der Waals surface area contributed by atoms with Crippen molar-refractivity contribution in [3.63, 3.8) is 0 Å². The van der Waals surface area contributed by atoms with Gasteiger partial charge in [-0.3, -0.25) is 0 Å². The fourth-order valence-corrected chi connectivity index (χ4v) is 2.85. The minimum absolute atomic E-state index is 0.572. The van der Waals surface area contributed by atoms with Gasteiger partial charge in [-0.15, -0.1) is 0 Å². The van der Waals surface area contributed by atoms with Crippen molar-refractivity contribution < 1.29 is 0 Å². The van der Waals surface area contributed by atoms with Gasteiger partial charge in [0.25, 0.3) is 0 Å². The molecule has 16 heavy (non-hydrogen) atoms. The first-order chi connectivity index (χ1) is 7.74. The van der Waals surface area contributed by atoms with Crippen LogP contribution in [-0.2, 0) is 0 Å². The van der Waals surface area contributed by atoms with E-state index in [0.29, 0.717) is 5.37 Å². The topological polar surface area (TPSA) is 3.24 Å². The predicted molar refractivity (Wildman–Crippen MR) is 77.4 cm³/mol. The fourth-order valence-electron chi connectivity index (χ4n) is 1.65. The van der Waals surface area contributed by atoms with Crippen molar-refractivity contribution in [1.82, 2.24) is 4.90 Å². The molecule has 0 aromatic rings. The van der Waals surface area contributed by atoms with Crippen LogP contribution in [0.25, 0.3) is 0 Å². The summed E-state index contributed by atoms with van der Waals surface area (Å²) in [6.07, 6.45) is 8.59. The number of likely N-dealkylation sites (N-methyl/N-ethyl adjacent to an activating group) is 1. The average molecular weight is 239 g/mol. The lowest BCUT2D eigenvalue weighted by Gasteiger charge is -2.21. The Morgan fingerprint density at radius 3 is 2.38 bits per heavy atom. The van der Waals surface area contributed by atoms with E-state index in [1.54, 1.807) is 0 Å². The van der Waals surface area contributed by atoms with Crippen LogP contribution >= 0.6 is 11.8 Å². The molecule has 0 bridgehead atoms. The van der Waals surface area contributed by atoms with Gasteiger partial charge < -0.3 is 4.90 Å². The van der Waals surface area contributed by atoms with E-state index in [0.717, 1.165) is 6.54 Å². The monoisotopic (exact) mass is 239 g/mol. The lowest BCUT2D eigenvalue weighted by Crippen LogP contribution is -2.23. The molecular weight excluding hydrogens is 214 g/mol. The molecule has 1 unspecified atom stereocenters. The van der Waals surface area contributed by atoms with E-state index in [2.05, 4.69) is 50.0 Å². The standard InChI is InChI=1S/C12H19NS.C2H6/c1-5-8-9-11-12(6-2)14-10(4)13(11)7-3;1-2/h5-6,8-10H,7H2,1-4H3;1-2H3/b8-5-,11-9+,12-6+;. The first-order valence-corrected chi connectivity index (χ1v) is 7.05. The summed E-state index contributed by atoms with van der Waals surface area (Å²) < 4.78 is 0.